The van der Waals surface area contributed by atoms with Crippen LogP contribution in [0.2, 0.25) is 0 Å². The zero-order valence-electron chi connectivity index (χ0n) is 10.0. The van der Waals surface area contributed by atoms with E-state index in [9.17, 15) is 4.79 Å². The Morgan fingerprint density at radius 2 is 2.18 bits per heavy atom. The molecule has 3 heteroatoms. The highest BCUT2D eigenvalue weighted by Gasteiger charge is 2.19. The molecule has 0 spiro atoms. The van der Waals surface area contributed by atoms with Crippen molar-refractivity contribution in [2.24, 2.45) is 0 Å². The first-order valence-electron chi connectivity index (χ1n) is 5.68. The molecule has 1 atom stereocenters. The number of carbonyl (C=O) groups excluding carboxylic acids is 1. The van der Waals surface area contributed by atoms with Gasteiger partial charge in [-0.25, -0.2) is 0 Å². The molecule has 0 bridgehead atoms. The zero-order valence-corrected chi connectivity index (χ0v) is 10.0. The first-order chi connectivity index (χ1) is 8.26. The molecule has 1 aromatic carbocycles. The van der Waals surface area contributed by atoms with Gasteiger partial charge in [0, 0.05) is 11.6 Å². The Kier molecular flexibility index (Phi) is 3.38. The van der Waals surface area contributed by atoms with Gasteiger partial charge in [-0.2, -0.15) is 0 Å². The summed E-state index contributed by atoms with van der Waals surface area (Å²) in [6, 6.07) is 9.88. The van der Waals surface area contributed by atoms with E-state index in [1.807, 2.05) is 37.3 Å². The largest absolute Gasteiger partial charge is 0.469 e. The Morgan fingerprint density at radius 1 is 1.41 bits per heavy atom. The number of hydrogen-bond acceptors (Lipinski definition) is 3. The first-order valence-corrected chi connectivity index (χ1v) is 5.68. The highest BCUT2D eigenvalue weighted by molar-refractivity contribution is 5.82. The van der Waals surface area contributed by atoms with Gasteiger partial charge in [0.15, 0.2) is 0 Å². The average molecular weight is 229 g/mol. The van der Waals surface area contributed by atoms with Gasteiger partial charge in [0.25, 0.3) is 0 Å². The molecule has 3 nitrogen and oxygen atoms in total. The first kappa shape index (κ1) is 11.6. The molecule has 2 aromatic rings. The molecule has 88 valence electrons. The Morgan fingerprint density at radius 3 is 2.88 bits per heavy atom. The summed E-state index contributed by atoms with van der Waals surface area (Å²) in [5, 5.41) is 1.05. The van der Waals surface area contributed by atoms with Crippen molar-refractivity contribution in [2.75, 3.05) is 7.11 Å². The van der Waals surface area contributed by atoms with Gasteiger partial charge in [-0.05, 0) is 24.1 Å². The van der Waals surface area contributed by atoms with E-state index in [-0.39, 0.29) is 11.9 Å². The van der Waals surface area contributed by atoms with E-state index in [1.165, 1.54) is 7.11 Å². The van der Waals surface area contributed by atoms with Crippen molar-refractivity contribution < 1.29 is 9.53 Å². The van der Waals surface area contributed by atoms with E-state index < -0.39 is 0 Å². The van der Waals surface area contributed by atoms with Crippen molar-refractivity contribution in [1.82, 2.24) is 4.98 Å². The number of esters is 1. The number of carbonyl (C=O) groups is 1. The molecule has 0 N–H and O–H groups in total. The average Bonchev–Trinajstić information content (AvgIpc) is 2.39. The summed E-state index contributed by atoms with van der Waals surface area (Å²) in [5.41, 5.74) is 1.86. The second-order valence-electron chi connectivity index (χ2n) is 3.95. The molecule has 17 heavy (non-hydrogen) atoms. The van der Waals surface area contributed by atoms with Crippen LogP contribution in [0, 0.1) is 0 Å². The molecule has 1 aromatic heterocycles. The maximum Gasteiger partial charge on any atom is 0.313 e. The van der Waals surface area contributed by atoms with Crippen LogP contribution in [0.1, 0.15) is 24.8 Å². The molecule has 0 aliphatic carbocycles. The normalized spacial score (nSPS) is 12.4. The molecule has 0 aliphatic rings. The van der Waals surface area contributed by atoms with E-state index >= 15 is 0 Å². The SMILES string of the molecule is CCC(C(=O)OC)c1cnc2ccccc2c1. The zero-order chi connectivity index (χ0) is 12.3. The fourth-order valence-corrected chi connectivity index (χ4v) is 1.96. The summed E-state index contributed by atoms with van der Waals surface area (Å²) in [6.45, 7) is 1.97. The van der Waals surface area contributed by atoms with Crippen LogP contribution in [0.5, 0.6) is 0 Å². The lowest BCUT2D eigenvalue weighted by atomic mass is 9.97. The quantitative estimate of drug-likeness (QED) is 0.760. The molecular formula is C14H15NO2. The number of ether oxygens (including phenoxy) is 1. The van der Waals surface area contributed by atoms with E-state index in [2.05, 4.69) is 4.98 Å². The number of pyridine rings is 1. The second kappa shape index (κ2) is 4.95. The van der Waals surface area contributed by atoms with E-state index in [4.69, 9.17) is 4.74 Å². The van der Waals surface area contributed by atoms with Crippen LogP contribution in [-0.4, -0.2) is 18.1 Å². The molecule has 2 rings (SSSR count). The fourth-order valence-electron chi connectivity index (χ4n) is 1.96. The van der Waals surface area contributed by atoms with Crippen molar-refractivity contribution >= 4 is 16.9 Å². The number of nitrogens with zero attached hydrogens (tertiary/aromatic N) is 1. The maximum atomic E-state index is 11.6. The van der Waals surface area contributed by atoms with Gasteiger partial charge in [0.2, 0.25) is 0 Å². The summed E-state index contributed by atoms with van der Waals surface area (Å²) in [4.78, 5) is 16.0. The van der Waals surface area contributed by atoms with Crippen molar-refractivity contribution in [3.8, 4) is 0 Å². The minimum Gasteiger partial charge on any atom is -0.469 e. The molecule has 0 amide bonds. The molecular weight excluding hydrogens is 214 g/mol. The number of aromatic nitrogens is 1. The molecule has 0 radical (unpaired) electrons. The minimum atomic E-state index is -0.225. The van der Waals surface area contributed by atoms with Gasteiger partial charge in [0.1, 0.15) is 0 Å². The van der Waals surface area contributed by atoms with Crippen LogP contribution in [0.25, 0.3) is 10.9 Å². The standard InChI is InChI=1S/C14H15NO2/c1-3-12(14(16)17-2)11-8-10-6-4-5-7-13(10)15-9-11/h4-9,12H,3H2,1-2H3. The number of rotatable bonds is 3. The summed E-state index contributed by atoms with van der Waals surface area (Å²) < 4.78 is 4.80. The van der Waals surface area contributed by atoms with Crippen molar-refractivity contribution in [3.05, 3.63) is 42.1 Å². The lowest BCUT2D eigenvalue weighted by Gasteiger charge is -2.12. The van der Waals surface area contributed by atoms with Gasteiger partial charge in [0.05, 0.1) is 18.5 Å². The summed E-state index contributed by atoms with van der Waals surface area (Å²) in [5.74, 6) is -0.429. The number of fused-ring (bicyclic) bond motifs is 1. The van der Waals surface area contributed by atoms with Crippen LogP contribution in [0.15, 0.2) is 36.5 Å². The van der Waals surface area contributed by atoms with Crippen LogP contribution in [0.3, 0.4) is 0 Å². The number of methoxy groups -OCH3 is 1. The van der Waals surface area contributed by atoms with Crippen molar-refractivity contribution in [2.45, 2.75) is 19.3 Å². The number of para-hydroxylation sites is 1. The number of hydrogen-bond donors (Lipinski definition) is 0. The highest BCUT2D eigenvalue weighted by Crippen LogP contribution is 2.23. The van der Waals surface area contributed by atoms with Gasteiger partial charge in [-0.15, -0.1) is 0 Å². The number of benzene rings is 1. The van der Waals surface area contributed by atoms with Crippen LogP contribution >= 0.6 is 0 Å². The third-order valence-electron chi connectivity index (χ3n) is 2.91. The second-order valence-corrected chi connectivity index (χ2v) is 3.95. The van der Waals surface area contributed by atoms with E-state index in [0.717, 1.165) is 16.5 Å². The monoisotopic (exact) mass is 229 g/mol. The molecule has 1 unspecified atom stereocenters. The molecule has 0 saturated heterocycles. The van der Waals surface area contributed by atoms with Gasteiger partial charge < -0.3 is 4.74 Å². The lowest BCUT2D eigenvalue weighted by Crippen LogP contribution is -2.13. The summed E-state index contributed by atoms with van der Waals surface area (Å²) in [7, 11) is 1.42. The van der Waals surface area contributed by atoms with Gasteiger partial charge >= 0.3 is 5.97 Å². The van der Waals surface area contributed by atoms with Crippen LogP contribution < -0.4 is 0 Å². The maximum absolute atomic E-state index is 11.6. The Labute approximate surface area is 100 Å². The summed E-state index contributed by atoms with van der Waals surface area (Å²) in [6.07, 6.45) is 2.47. The Bertz CT molecular complexity index is 536. The molecule has 0 aliphatic heterocycles. The molecule has 1 heterocycles. The predicted octanol–water partition coefficient (Wildman–Crippen LogP) is 2.90. The fraction of sp³-hybridized carbons (Fsp3) is 0.286. The Hall–Kier alpha value is -1.90. The van der Waals surface area contributed by atoms with E-state index in [1.54, 1.807) is 6.20 Å². The van der Waals surface area contributed by atoms with Gasteiger partial charge in [-0.3, -0.25) is 9.78 Å². The van der Waals surface area contributed by atoms with Crippen LogP contribution in [-0.2, 0) is 9.53 Å². The Balaban J connectivity index is 2.44. The molecule has 0 fully saturated rings. The van der Waals surface area contributed by atoms with Crippen LogP contribution in [0.4, 0.5) is 0 Å². The van der Waals surface area contributed by atoms with Gasteiger partial charge in [-0.1, -0.05) is 25.1 Å². The smallest absolute Gasteiger partial charge is 0.313 e. The lowest BCUT2D eigenvalue weighted by molar-refractivity contribution is -0.142. The van der Waals surface area contributed by atoms with E-state index in [0.29, 0.717) is 6.42 Å². The third-order valence-corrected chi connectivity index (χ3v) is 2.91. The predicted molar refractivity (Wildman–Crippen MR) is 66.8 cm³/mol. The third kappa shape index (κ3) is 2.28. The summed E-state index contributed by atoms with van der Waals surface area (Å²) >= 11 is 0. The topological polar surface area (TPSA) is 39.2 Å². The van der Waals surface area contributed by atoms with Crippen molar-refractivity contribution in [3.63, 3.8) is 0 Å². The minimum absolute atomic E-state index is 0.204. The highest BCUT2D eigenvalue weighted by atomic mass is 16.5. The van der Waals surface area contributed by atoms with Crippen molar-refractivity contribution in [1.29, 1.82) is 0 Å². The molecule has 0 saturated carbocycles.